The molecule has 1 fully saturated rings. The van der Waals surface area contributed by atoms with Gasteiger partial charge in [-0.1, -0.05) is 12.1 Å². The monoisotopic (exact) mass is 371 g/mol. The summed E-state index contributed by atoms with van der Waals surface area (Å²) in [5.74, 6) is -0.428. The van der Waals surface area contributed by atoms with Gasteiger partial charge < -0.3 is 15.3 Å². The van der Waals surface area contributed by atoms with E-state index in [0.717, 1.165) is 0 Å². The average Bonchev–Trinajstić information content (AvgIpc) is 3.23. The lowest BCUT2D eigenvalue weighted by Gasteiger charge is -2.34. The Kier molecular flexibility index (Phi) is 5.85. The summed E-state index contributed by atoms with van der Waals surface area (Å²) in [6.45, 7) is 2.57. The highest BCUT2D eigenvalue weighted by Crippen LogP contribution is 2.27. The molecule has 0 spiro atoms. The largest absolute Gasteiger partial charge is 0.391 e. The number of hydrogen-bond acceptors (Lipinski definition) is 5. The lowest BCUT2D eigenvalue weighted by Crippen LogP contribution is -2.49. The average molecular weight is 371 g/mol. The van der Waals surface area contributed by atoms with Gasteiger partial charge in [-0.3, -0.25) is 9.59 Å². The zero-order valence-corrected chi connectivity index (χ0v) is 15.6. The van der Waals surface area contributed by atoms with Crippen molar-refractivity contribution in [1.29, 1.82) is 0 Å². The minimum atomic E-state index is -0.663. The fourth-order valence-electron chi connectivity index (χ4n) is 3.45. The topological polar surface area (TPSA) is 100 Å². The molecule has 1 aromatic carbocycles. The summed E-state index contributed by atoms with van der Waals surface area (Å²) in [5.41, 5.74) is 1.05. The first-order valence-electron chi connectivity index (χ1n) is 9.19. The molecule has 1 aliphatic rings. The van der Waals surface area contributed by atoms with Gasteiger partial charge in [0.15, 0.2) is 0 Å². The summed E-state index contributed by atoms with van der Waals surface area (Å²) in [6, 6.07) is 6.61. The number of carbonyl (C=O) groups is 2. The van der Waals surface area contributed by atoms with Crippen molar-refractivity contribution in [2.75, 3.05) is 13.6 Å². The molecule has 144 valence electrons. The number of para-hydroxylation sites is 1. The fraction of sp³-hybridized carbons (Fsp3) is 0.474. The van der Waals surface area contributed by atoms with Gasteiger partial charge in [-0.05, 0) is 38.3 Å². The Hall–Kier alpha value is -2.74. The van der Waals surface area contributed by atoms with Gasteiger partial charge in [0.25, 0.3) is 5.91 Å². The number of hydrogen-bond donors (Lipinski definition) is 2. The zero-order valence-electron chi connectivity index (χ0n) is 15.6. The van der Waals surface area contributed by atoms with E-state index in [1.54, 1.807) is 30.1 Å². The van der Waals surface area contributed by atoms with Gasteiger partial charge >= 0.3 is 0 Å². The Balaban J connectivity index is 1.75. The van der Waals surface area contributed by atoms with E-state index < -0.39 is 12.1 Å². The van der Waals surface area contributed by atoms with Gasteiger partial charge in [-0.15, -0.1) is 0 Å². The molecule has 8 nitrogen and oxygen atoms in total. The second-order valence-corrected chi connectivity index (χ2v) is 6.87. The standard InChI is InChI=1S/C19H25N5O3/c1-3-23(2)19(27)13-8-9-17(25)15(10-13)22-18(26)14-6-4-5-7-16(14)24-12-20-11-21-24/h4-7,11-13,15,17,25H,3,8-10H2,1-2H3,(H,22,26)/t13-,15+,17+/m0/s1. The number of nitrogens with one attached hydrogen (secondary N) is 1. The Labute approximate surface area is 158 Å². The molecule has 1 aliphatic carbocycles. The van der Waals surface area contributed by atoms with Crippen molar-refractivity contribution < 1.29 is 14.7 Å². The molecule has 0 radical (unpaired) electrons. The first kappa shape index (κ1) is 19.0. The second kappa shape index (κ2) is 8.30. The van der Waals surface area contributed by atoms with E-state index >= 15 is 0 Å². The molecule has 27 heavy (non-hydrogen) atoms. The zero-order chi connectivity index (χ0) is 19.4. The van der Waals surface area contributed by atoms with Gasteiger partial charge in [0.05, 0.1) is 23.4 Å². The number of aliphatic hydroxyl groups excluding tert-OH is 1. The van der Waals surface area contributed by atoms with Gasteiger partial charge in [-0.2, -0.15) is 5.10 Å². The van der Waals surface area contributed by atoms with Crippen LogP contribution in [0.25, 0.3) is 5.69 Å². The summed E-state index contributed by atoms with van der Waals surface area (Å²) in [7, 11) is 1.77. The maximum atomic E-state index is 12.9. The van der Waals surface area contributed by atoms with Crippen molar-refractivity contribution >= 4 is 11.8 Å². The third-order valence-corrected chi connectivity index (χ3v) is 5.14. The highest BCUT2D eigenvalue weighted by atomic mass is 16.3. The first-order chi connectivity index (χ1) is 13.0. The summed E-state index contributed by atoms with van der Waals surface area (Å²) in [5, 5.41) is 17.3. The minimum Gasteiger partial charge on any atom is -0.391 e. The number of benzene rings is 1. The van der Waals surface area contributed by atoms with Crippen LogP contribution in [-0.4, -0.2) is 62.3 Å². The molecule has 2 amide bonds. The van der Waals surface area contributed by atoms with E-state index in [-0.39, 0.29) is 17.7 Å². The quantitative estimate of drug-likeness (QED) is 0.817. The van der Waals surface area contributed by atoms with Crippen LogP contribution in [0.3, 0.4) is 0 Å². The highest BCUT2D eigenvalue weighted by molar-refractivity contribution is 5.98. The summed E-state index contributed by atoms with van der Waals surface area (Å²) in [4.78, 5) is 30.9. The summed E-state index contributed by atoms with van der Waals surface area (Å²) < 4.78 is 1.52. The molecule has 1 saturated carbocycles. The van der Waals surface area contributed by atoms with Crippen LogP contribution in [0.5, 0.6) is 0 Å². The molecule has 3 atom stereocenters. The van der Waals surface area contributed by atoms with E-state index in [1.807, 2.05) is 13.0 Å². The molecule has 2 N–H and O–H groups in total. The van der Waals surface area contributed by atoms with Crippen molar-refractivity contribution in [3.8, 4) is 5.69 Å². The number of carbonyl (C=O) groups excluding carboxylic acids is 2. The van der Waals surface area contributed by atoms with E-state index in [9.17, 15) is 14.7 Å². The maximum absolute atomic E-state index is 12.9. The summed E-state index contributed by atoms with van der Waals surface area (Å²) in [6.07, 6.45) is 3.82. The molecule has 0 bridgehead atoms. The van der Waals surface area contributed by atoms with Crippen LogP contribution < -0.4 is 5.32 Å². The van der Waals surface area contributed by atoms with Gasteiger partial charge in [0.1, 0.15) is 12.7 Å². The second-order valence-electron chi connectivity index (χ2n) is 6.87. The number of aromatic nitrogens is 3. The Morgan fingerprint density at radius 1 is 1.33 bits per heavy atom. The maximum Gasteiger partial charge on any atom is 0.253 e. The molecule has 0 unspecified atom stereocenters. The molecular weight excluding hydrogens is 346 g/mol. The van der Waals surface area contributed by atoms with E-state index in [4.69, 9.17) is 0 Å². The van der Waals surface area contributed by atoms with Gasteiger partial charge in [0, 0.05) is 19.5 Å². The first-order valence-corrected chi connectivity index (χ1v) is 9.19. The van der Waals surface area contributed by atoms with Crippen LogP contribution in [0.2, 0.25) is 0 Å². The van der Waals surface area contributed by atoms with E-state index in [0.29, 0.717) is 37.1 Å². The van der Waals surface area contributed by atoms with Crippen molar-refractivity contribution in [2.45, 2.75) is 38.3 Å². The third kappa shape index (κ3) is 4.16. The van der Waals surface area contributed by atoms with Crippen molar-refractivity contribution in [3.63, 3.8) is 0 Å². The molecular formula is C19H25N5O3. The molecule has 1 heterocycles. The SMILES string of the molecule is CCN(C)C(=O)[C@H]1CC[C@@H](O)[C@H](NC(=O)c2ccccc2-n2cncn2)C1. The number of amides is 2. The smallest absolute Gasteiger partial charge is 0.253 e. The van der Waals surface area contributed by atoms with Crippen LogP contribution in [0.1, 0.15) is 36.5 Å². The van der Waals surface area contributed by atoms with Crippen LogP contribution in [-0.2, 0) is 4.79 Å². The predicted molar refractivity (Wildman–Crippen MR) is 99.3 cm³/mol. The van der Waals surface area contributed by atoms with E-state index in [1.165, 1.54) is 17.3 Å². The van der Waals surface area contributed by atoms with Crippen LogP contribution >= 0.6 is 0 Å². The summed E-state index contributed by atoms with van der Waals surface area (Å²) >= 11 is 0. The van der Waals surface area contributed by atoms with Gasteiger partial charge in [-0.25, -0.2) is 9.67 Å². The fourth-order valence-corrected chi connectivity index (χ4v) is 3.45. The number of nitrogens with zero attached hydrogens (tertiary/aromatic N) is 4. The molecule has 8 heteroatoms. The van der Waals surface area contributed by atoms with Crippen molar-refractivity contribution in [2.24, 2.45) is 5.92 Å². The van der Waals surface area contributed by atoms with Gasteiger partial charge in [0.2, 0.25) is 5.91 Å². The van der Waals surface area contributed by atoms with E-state index in [2.05, 4.69) is 15.4 Å². The number of aliphatic hydroxyl groups is 1. The molecule has 1 aromatic heterocycles. The normalized spacial score (nSPS) is 22.3. The van der Waals surface area contributed by atoms with Crippen LogP contribution in [0.4, 0.5) is 0 Å². The molecule has 0 saturated heterocycles. The third-order valence-electron chi connectivity index (χ3n) is 5.14. The molecule has 2 aromatic rings. The van der Waals surface area contributed by atoms with Crippen molar-refractivity contribution in [3.05, 3.63) is 42.5 Å². The number of rotatable bonds is 5. The highest BCUT2D eigenvalue weighted by Gasteiger charge is 2.35. The Bertz CT molecular complexity index is 792. The van der Waals surface area contributed by atoms with Crippen LogP contribution in [0, 0.1) is 5.92 Å². The lowest BCUT2D eigenvalue weighted by molar-refractivity contribution is -0.136. The Morgan fingerprint density at radius 2 is 2.11 bits per heavy atom. The van der Waals surface area contributed by atoms with Crippen molar-refractivity contribution in [1.82, 2.24) is 25.0 Å². The van der Waals surface area contributed by atoms with Crippen LogP contribution in [0.15, 0.2) is 36.9 Å². The Morgan fingerprint density at radius 3 is 2.81 bits per heavy atom. The molecule has 3 rings (SSSR count). The predicted octanol–water partition coefficient (Wildman–Crippen LogP) is 1.00. The lowest BCUT2D eigenvalue weighted by atomic mass is 9.82. The minimum absolute atomic E-state index is 0.0617. The molecule has 0 aliphatic heterocycles.